The Bertz CT molecular complexity index is 342. The minimum atomic E-state index is -0.683. The van der Waals surface area contributed by atoms with Gasteiger partial charge in [0.1, 0.15) is 5.75 Å². The van der Waals surface area contributed by atoms with Gasteiger partial charge in [0.2, 0.25) is 0 Å². The Labute approximate surface area is 98.3 Å². The predicted octanol–water partition coefficient (Wildman–Crippen LogP) is 1.97. The van der Waals surface area contributed by atoms with Crippen LogP contribution in [0.15, 0.2) is 16.6 Å². The second-order valence-corrected chi connectivity index (χ2v) is 4.35. The molecule has 0 fully saturated rings. The van der Waals surface area contributed by atoms with Crippen molar-refractivity contribution in [2.75, 3.05) is 13.6 Å². The summed E-state index contributed by atoms with van der Waals surface area (Å²) in [5.74, 6) is 0.198. The van der Waals surface area contributed by atoms with Gasteiger partial charge in [0.05, 0.1) is 6.10 Å². The topological polar surface area (TPSA) is 52.5 Å². The molecule has 0 aliphatic heterocycles. The van der Waals surface area contributed by atoms with Gasteiger partial charge in [-0.25, -0.2) is 0 Å². The maximum Gasteiger partial charge on any atom is 0.124 e. The summed E-state index contributed by atoms with van der Waals surface area (Å²) in [5, 5.41) is 22.6. The highest BCUT2D eigenvalue weighted by Gasteiger charge is 2.14. The fourth-order valence-electron chi connectivity index (χ4n) is 1.51. The fourth-order valence-corrected chi connectivity index (χ4v) is 2.03. The summed E-state index contributed by atoms with van der Waals surface area (Å²) in [5.41, 5.74) is 1.41. The molecule has 0 radical (unpaired) electrons. The van der Waals surface area contributed by atoms with Crippen molar-refractivity contribution >= 4 is 15.9 Å². The zero-order valence-electron chi connectivity index (χ0n) is 8.92. The molecule has 3 N–H and O–H groups in total. The van der Waals surface area contributed by atoms with Gasteiger partial charge in [-0.3, -0.25) is 0 Å². The van der Waals surface area contributed by atoms with Crippen molar-refractivity contribution < 1.29 is 10.2 Å². The van der Waals surface area contributed by atoms with E-state index < -0.39 is 6.10 Å². The molecule has 0 saturated heterocycles. The molecular formula is C11H16BrNO2. The number of nitrogens with one attached hydrogen (secondary N) is 1. The molecule has 0 bridgehead atoms. The van der Waals surface area contributed by atoms with Crippen LogP contribution in [0.3, 0.4) is 0 Å². The molecule has 1 aromatic rings. The number of likely N-dealkylation sites (N-methyl/N-ethyl adjacent to an activating group) is 1. The maximum atomic E-state index is 9.90. The second-order valence-electron chi connectivity index (χ2n) is 3.43. The lowest BCUT2D eigenvalue weighted by Gasteiger charge is -2.15. The summed E-state index contributed by atoms with van der Waals surface area (Å²) in [6, 6.07) is 3.61. The van der Waals surface area contributed by atoms with Crippen LogP contribution in [-0.2, 0) is 6.42 Å². The van der Waals surface area contributed by atoms with Gasteiger partial charge in [0, 0.05) is 16.6 Å². The van der Waals surface area contributed by atoms with Crippen LogP contribution in [0.2, 0.25) is 0 Å². The smallest absolute Gasteiger partial charge is 0.124 e. The molecule has 84 valence electrons. The van der Waals surface area contributed by atoms with Gasteiger partial charge in [-0.1, -0.05) is 22.9 Å². The second kappa shape index (κ2) is 5.49. The molecule has 15 heavy (non-hydrogen) atoms. The first-order chi connectivity index (χ1) is 7.10. The fraction of sp³-hybridized carbons (Fsp3) is 0.455. The number of aliphatic hydroxyl groups excluding tert-OH is 1. The van der Waals surface area contributed by atoms with Crippen LogP contribution in [0.25, 0.3) is 0 Å². The largest absolute Gasteiger partial charge is 0.507 e. The van der Waals surface area contributed by atoms with Crippen molar-refractivity contribution in [1.82, 2.24) is 5.32 Å². The number of halogens is 1. The Morgan fingerprint density at radius 3 is 2.67 bits per heavy atom. The van der Waals surface area contributed by atoms with Crippen molar-refractivity contribution in [3.63, 3.8) is 0 Å². The molecule has 0 spiro atoms. The predicted molar refractivity (Wildman–Crippen MR) is 64.1 cm³/mol. The zero-order chi connectivity index (χ0) is 11.4. The summed E-state index contributed by atoms with van der Waals surface area (Å²) in [6.45, 7) is 2.39. The number of phenolic OH excluding ortho intramolecular Hbond substituents is 1. The first kappa shape index (κ1) is 12.5. The third kappa shape index (κ3) is 2.93. The van der Waals surface area contributed by atoms with Gasteiger partial charge in [-0.15, -0.1) is 0 Å². The van der Waals surface area contributed by atoms with Crippen LogP contribution < -0.4 is 5.32 Å². The Hall–Kier alpha value is -0.580. The van der Waals surface area contributed by atoms with Crippen molar-refractivity contribution in [3.8, 4) is 5.75 Å². The molecule has 0 aromatic heterocycles. The number of aliphatic hydroxyl groups is 1. The minimum absolute atomic E-state index is 0.198. The summed E-state index contributed by atoms with van der Waals surface area (Å²) in [4.78, 5) is 0. The van der Waals surface area contributed by atoms with E-state index in [4.69, 9.17) is 0 Å². The van der Waals surface area contributed by atoms with Crippen LogP contribution >= 0.6 is 15.9 Å². The maximum absolute atomic E-state index is 9.90. The van der Waals surface area contributed by atoms with E-state index in [0.717, 1.165) is 16.5 Å². The lowest BCUT2D eigenvalue weighted by atomic mass is 10.0. The van der Waals surface area contributed by atoms with Gasteiger partial charge >= 0.3 is 0 Å². The Morgan fingerprint density at radius 1 is 1.47 bits per heavy atom. The monoisotopic (exact) mass is 273 g/mol. The molecule has 1 aromatic carbocycles. The van der Waals surface area contributed by atoms with E-state index in [1.54, 1.807) is 13.1 Å². The van der Waals surface area contributed by atoms with E-state index in [2.05, 4.69) is 21.2 Å². The molecule has 0 saturated carbocycles. The summed E-state index contributed by atoms with van der Waals surface area (Å²) in [6.07, 6.45) is 0.0580. The third-order valence-electron chi connectivity index (χ3n) is 2.32. The van der Waals surface area contributed by atoms with E-state index in [1.165, 1.54) is 0 Å². The lowest BCUT2D eigenvalue weighted by molar-refractivity contribution is 0.173. The molecule has 0 amide bonds. The molecule has 0 heterocycles. The van der Waals surface area contributed by atoms with E-state index in [1.807, 2.05) is 13.0 Å². The molecule has 1 unspecified atom stereocenters. The molecular weight excluding hydrogens is 258 g/mol. The van der Waals surface area contributed by atoms with Crippen molar-refractivity contribution in [2.24, 2.45) is 0 Å². The summed E-state index contributed by atoms with van der Waals surface area (Å²) in [7, 11) is 1.76. The SMILES string of the molecule is CCc1cc(Br)cc(C(O)CNC)c1O. The number of benzene rings is 1. The number of hydrogen-bond acceptors (Lipinski definition) is 3. The Morgan fingerprint density at radius 2 is 2.13 bits per heavy atom. The molecule has 0 aliphatic rings. The highest BCUT2D eigenvalue weighted by atomic mass is 79.9. The number of phenols is 1. The van der Waals surface area contributed by atoms with Crippen molar-refractivity contribution in [3.05, 3.63) is 27.7 Å². The third-order valence-corrected chi connectivity index (χ3v) is 2.78. The van der Waals surface area contributed by atoms with E-state index in [-0.39, 0.29) is 5.75 Å². The minimum Gasteiger partial charge on any atom is -0.507 e. The zero-order valence-corrected chi connectivity index (χ0v) is 10.5. The average Bonchev–Trinajstić information content (AvgIpc) is 2.21. The van der Waals surface area contributed by atoms with Crippen molar-refractivity contribution in [2.45, 2.75) is 19.4 Å². The van der Waals surface area contributed by atoms with Gasteiger partial charge in [0.15, 0.2) is 0 Å². The van der Waals surface area contributed by atoms with Crippen LogP contribution in [0.1, 0.15) is 24.2 Å². The molecule has 4 heteroatoms. The number of rotatable bonds is 4. The highest BCUT2D eigenvalue weighted by molar-refractivity contribution is 9.10. The standard InChI is InChI=1S/C11H16BrNO2/c1-3-7-4-8(12)5-9(11(7)15)10(14)6-13-2/h4-5,10,13-15H,3,6H2,1-2H3. The number of aryl methyl sites for hydroxylation is 1. The lowest BCUT2D eigenvalue weighted by Crippen LogP contribution is -2.17. The van der Waals surface area contributed by atoms with Crippen molar-refractivity contribution in [1.29, 1.82) is 0 Å². The average molecular weight is 274 g/mol. The van der Waals surface area contributed by atoms with Gasteiger partial charge in [0.25, 0.3) is 0 Å². The molecule has 1 rings (SSSR count). The number of hydrogen-bond donors (Lipinski definition) is 3. The van der Waals surface area contributed by atoms with Crippen LogP contribution in [0.4, 0.5) is 0 Å². The first-order valence-electron chi connectivity index (χ1n) is 4.94. The van der Waals surface area contributed by atoms with Gasteiger partial charge in [-0.05, 0) is 31.2 Å². The molecule has 0 aliphatic carbocycles. The van der Waals surface area contributed by atoms with Crippen LogP contribution in [0.5, 0.6) is 5.75 Å². The Kier molecular flexibility index (Phi) is 4.57. The van der Waals surface area contributed by atoms with E-state index >= 15 is 0 Å². The van der Waals surface area contributed by atoms with Gasteiger partial charge in [-0.2, -0.15) is 0 Å². The van der Waals surface area contributed by atoms with Crippen LogP contribution in [-0.4, -0.2) is 23.8 Å². The van der Waals surface area contributed by atoms with Crippen LogP contribution in [0, 0.1) is 0 Å². The first-order valence-corrected chi connectivity index (χ1v) is 5.73. The van der Waals surface area contributed by atoms with E-state index in [0.29, 0.717) is 12.1 Å². The Balaban J connectivity index is 3.11. The highest BCUT2D eigenvalue weighted by Crippen LogP contribution is 2.31. The molecule has 3 nitrogen and oxygen atoms in total. The van der Waals surface area contributed by atoms with E-state index in [9.17, 15) is 10.2 Å². The molecule has 1 atom stereocenters. The summed E-state index contributed by atoms with van der Waals surface area (Å²) < 4.78 is 0.877. The normalized spacial score (nSPS) is 12.8. The number of aromatic hydroxyl groups is 1. The van der Waals surface area contributed by atoms with Gasteiger partial charge < -0.3 is 15.5 Å². The quantitative estimate of drug-likeness (QED) is 0.786. The summed E-state index contributed by atoms with van der Waals surface area (Å²) >= 11 is 3.36.